The van der Waals surface area contributed by atoms with Crippen LogP contribution in [-0.2, 0) is 12.8 Å². The minimum absolute atomic E-state index is 0.0451. The number of benzene rings is 1. The van der Waals surface area contributed by atoms with Crippen molar-refractivity contribution in [3.05, 3.63) is 35.4 Å². The van der Waals surface area contributed by atoms with Crippen molar-refractivity contribution in [1.82, 2.24) is 4.90 Å². The molecule has 1 aliphatic heterocycles. The van der Waals surface area contributed by atoms with Gasteiger partial charge in [-0.05, 0) is 24.0 Å². The molecule has 1 aromatic carbocycles. The van der Waals surface area contributed by atoms with E-state index in [1.807, 2.05) is 0 Å². The second kappa shape index (κ2) is 4.52. The molecule has 0 unspecified atom stereocenters. The highest BCUT2D eigenvalue weighted by Gasteiger charge is 2.24. The Hall–Kier alpha value is -1.31. The van der Waals surface area contributed by atoms with E-state index in [2.05, 4.69) is 49.9 Å². The Morgan fingerprint density at radius 2 is 1.53 bits per heavy atom. The summed E-state index contributed by atoms with van der Waals surface area (Å²) in [5.41, 5.74) is 2.87. The van der Waals surface area contributed by atoms with Crippen molar-refractivity contribution < 1.29 is 0 Å². The molecule has 0 amide bonds. The summed E-state index contributed by atoms with van der Waals surface area (Å²) < 4.78 is 0. The maximum absolute atomic E-state index is 8.26. The summed E-state index contributed by atoms with van der Waals surface area (Å²) in [5.74, 6) is 0.769. The quantitative estimate of drug-likeness (QED) is 0.538. The first-order valence-corrected chi connectivity index (χ1v) is 6.39. The molecular formula is C15H22N2. The van der Waals surface area contributed by atoms with E-state index in [4.69, 9.17) is 5.41 Å². The van der Waals surface area contributed by atoms with Gasteiger partial charge in [0.2, 0.25) is 0 Å². The molecule has 0 fully saturated rings. The van der Waals surface area contributed by atoms with Gasteiger partial charge in [-0.25, -0.2) is 0 Å². The molecule has 0 aromatic heterocycles. The van der Waals surface area contributed by atoms with Crippen LogP contribution in [-0.4, -0.2) is 23.8 Å². The summed E-state index contributed by atoms with van der Waals surface area (Å²) in [6, 6.07) is 8.67. The van der Waals surface area contributed by atoms with E-state index in [1.165, 1.54) is 11.1 Å². The number of fused-ring (bicyclic) bond motifs is 1. The van der Waals surface area contributed by atoms with E-state index >= 15 is 0 Å². The first-order chi connectivity index (χ1) is 7.98. The fourth-order valence-electron chi connectivity index (χ4n) is 2.37. The molecule has 0 spiro atoms. The number of rotatable bonds is 0. The average Bonchev–Trinajstić information content (AvgIpc) is 2.49. The van der Waals surface area contributed by atoms with Crippen molar-refractivity contribution in [3.63, 3.8) is 0 Å². The van der Waals surface area contributed by atoms with Crippen LogP contribution in [0.15, 0.2) is 24.3 Å². The van der Waals surface area contributed by atoms with Crippen LogP contribution in [0.1, 0.15) is 31.9 Å². The molecule has 0 aliphatic carbocycles. The predicted molar refractivity (Wildman–Crippen MR) is 72.6 cm³/mol. The van der Waals surface area contributed by atoms with Crippen molar-refractivity contribution >= 4 is 5.84 Å². The molecule has 0 bridgehead atoms. The second-order valence-electron chi connectivity index (χ2n) is 5.85. The molecule has 0 atom stereocenters. The number of amidine groups is 1. The third kappa shape index (κ3) is 2.68. The monoisotopic (exact) mass is 230 g/mol. The van der Waals surface area contributed by atoms with Crippen LogP contribution < -0.4 is 0 Å². The fourth-order valence-corrected chi connectivity index (χ4v) is 2.37. The third-order valence-corrected chi connectivity index (χ3v) is 3.45. The summed E-state index contributed by atoms with van der Waals surface area (Å²) in [5, 5.41) is 8.26. The van der Waals surface area contributed by atoms with Crippen LogP contribution in [0, 0.1) is 10.8 Å². The standard InChI is InChI=1S/C15H22N2/c1-15(2,3)14(16)17-10-8-12-6-4-5-7-13(12)9-11-17/h4-7,16H,8-11H2,1-3H3. The van der Waals surface area contributed by atoms with Gasteiger partial charge in [-0.3, -0.25) is 5.41 Å². The lowest BCUT2D eigenvalue weighted by atomic mass is 9.94. The van der Waals surface area contributed by atoms with Crippen molar-refractivity contribution in [3.8, 4) is 0 Å². The van der Waals surface area contributed by atoms with Gasteiger partial charge < -0.3 is 4.90 Å². The van der Waals surface area contributed by atoms with E-state index < -0.39 is 0 Å². The topological polar surface area (TPSA) is 27.1 Å². The van der Waals surface area contributed by atoms with Gasteiger partial charge in [0.15, 0.2) is 0 Å². The van der Waals surface area contributed by atoms with Crippen molar-refractivity contribution in [2.75, 3.05) is 13.1 Å². The molecule has 2 rings (SSSR count). The predicted octanol–water partition coefficient (Wildman–Crippen LogP) is 3.11. The SMILES string of the molecule is CC(C)(C)C(=N)N1CCc2ccccc2CC1. The van der Waals surface area contributed by atoms with Crippen LogP contribution in [0.4, 0.5) is 0 Å². The third-order valence-electron chi connectivity index (χ3n) is 3.45. The Morgan fingerprint density at radius 1 is 1.06 bits per heavy atom. The van der Waals surface area contributed by atoms with E-state index in [0.717, 1.165) is 31.8 Å². The van der Waals surface area contributed by atoms with Crippen LogP contribution >= 0.6 is 0 Å². The van der Waals surface area contributed by atoms with Gasteiger partial charge in [-0.2, -0.15) is 0 Å². The smallest absolute Gasteiger partial charge is 0.101 e. The Balaban J connectivity index is 2.12. The zero-order chi connectivity index (χ0) is 12.5. The summed E-state index contributed by atoms with van der Waals surface area (Å²) in [6.45, 7) is 8.31. The Labute approximate surface area is 104 Å². The van der Waals surface area contributed by atoms with Crippen LogP contribution in [0.5, 0.6) is 0 Å². The van der Waals surface area contributed by atoms with Crippen molar-refractivity contribution in [1.29, 1.82) is 5.41 Å². The van der Waals surface area contributed by atoms with E-state index in [0.29, 0.717) is 0 Å². The maximum atomic E-state index is 8.26. The van der Waals surface area contributed by atoms with Gasteiger partial charge >= 0.3 is 0 Å². The first kappa shape index (κ1) is 12.2. The van der Waals surface area contributed by atoms with Gasteiger partial charge in [0.1, 0.15) is 5.84 Å². The number of nitrogens with zero attached hydrogens (tertiary/aromatic N) is 1. The zero-order valence-electron chi connectivity index (χ0n) is 11.1. The summed E-state index contributed by atoms with van der Waals surface area (Å²) >= 11 is 0. The summed E-state index contributed by atoms with van der Waals surface area (Å²) in [6.07, 6.45) is 2.13. The first-order valence-electron chi connectivity index (χ1n) is 6.39. The minimum atomic E-state index is -0.0451. The van der Waals surface area contributed by atoms with Crippen molar-refractivity contribution in [2.24, 2.45) is 5.41 Å². The second-order valence-corrected chi connectivity index (χ2v) is 5.85. The summed E-state index contributed by atoms with van der Waals surface area (Å²) in [7, 11) is 0. The summed E-state index contributed by atoms with van der Waals surface area (Å²) in [4.78, 5) is 2.24. The van der Waals surface area contributed by atoms with E-state index in [1.54, 1.807) is 0 Å². The minimum Gasteiger partial charge on any atom is -0.359 e. The fraction of sp³-hybridized carbons (Fsp3) is 0.533. The van der Waals surface area contributed by atoms with Crippen LogP contribution in [0.3, 0.4) is 0 Å². The number of hydrogen-bond donors (Lipinski definition) is 1. The number of hydrogen-bond acceptors (Lipinski definition) is 1. The van der Waals surface area contributed by atoms with E-state index in [9.17, 15) is 0 Å². The molecule has 1 heterocycles. The molecule has 0 radical (unpaired) electrons. The maximum Gasteiger partial charge on any atom is 0.101 e. The van der Waals surface area contributed by atoms with Crippen LogP contribution in [0.25, 0.3) is 0 Å². The van der Waals surface area contributed by atoms with Gasteiger partial charge in [-0.1, -0.05) is 45.0 Å². The molecule has 0 saturated heterocycles. The van der Waals surface area contributed by atoms with Gasteiger partial charge in [0, 0.05) is 18.5 Å². The highest BCUT2D eigenvalue weighted by Crippen LogP contribution is 2.21. The highest BCUT2D eigenvalue weighted by molar-refractivity contribution is 5.84. The lowest BCUT2D eigenvalue weighted by Gasteiger charge is -2.31. The molecule has 1 N–H and O–H groups in total. The molecule has 2 nitrogen and oxygen atoms in total. The molecule has 17 heavy (non-hydrogen) atoms. The molecule has 1 aromatic rings. The highest BCUT2D eigenvalue weighted by atomic mass is 15.2. The normalized spacial score (nSPS) is 16.3. The largest absolute Gasteiger partial charge is 0.359 e. The molecule has 2 heteroatoms. The lowest BCUT2D eigenvalue weighted by molar-refractivity contribution is 0.379. The lowest BCUT2D eigenvalue weighted by Crippen LogP contribution is -2.40. The van der Waals surface area contributed by atoms with Gasteiger partial charge in [0.25, 0.3) is 0 Å². The molecule has 0 saturated carbocycles. The van der Waals surface area contributed by atoms with Crippen LogP contribution in [0.2, 0.25) is 0 Å². The van der Waals surface area contributed by atoms with E-state index in [-0.39, 0.29) is 5.41 Å². The Kier molecular flexibility index (Phi) is 3.23. The Bertz CT molecular complexity index is 388. The number of nitrogens with one attached hydrogen (secondary N) is 1. The Morgan fingerprint density at radius 3 is 1.94 bits per heavy atom. The van der Waals surface area contributed by atoms with Crippen molar-refractivity contribution in [2.45, 2.75) is 33.6 Å². The average molecular weight is 230 g/mol. The molecular weight excluding hydrogens is 208 g/mol. The molecule has 92 valence electrons. The van der Waals surface area contributed by atoms with Gasteiger partial charge in [-0.15, -0.1) is 0 Å². The molecule has 1 aliphatic rings. The zero-order valence-corrected chi connectivity index (χ0v) is 11.1. The van der Waals surface area contributed by atoms with Gasteiger partial charge in [0.05, 0.1) is 0 Å².